The van der Waals surface area contributed by atoms with E-state index in [1.165, 1.54) is 11.3 Å². The van der Waals surface area contributed by atoms with E-state index >= 15 is 0 Å². The Kier molecular flexibility index (Phi) is 4.36. The van der Waals surface area contributed by atoms with Crippen molar-refractivity contribution in [3.8, 4) is 0 Å². The molecule has 0 unspecified atom stereocenters. The van der Waals surface area contributed by atoms with Gasteiger partial charge in [0.2, 0.25) is 0 Å². The zero-order valence-electron chi connectivity index (χ0n) is 12.3. The molecule has 2 fully saturated rings. The fourth-order valence-corrected chi connectivity index (χ4v) is 3.23. The van der Waals surface area contributed by atoms with Crippen molar-refractivity contribution < 1.29 is 9.53 Å². The number of ether oxygens (including phenoxy) is 1. The molecule has 2 aliphatic heterocycles. The third kappa shape index (κ3) is 3.16. The van der Waals surface area contributed by atoms with E-state index in [4.69, 9.17) is 16.3 Å². The summed E-state index contributed by atoms with van der Waals surface area (Å²) in [4.78, 5) is 16.6. The summed E-state index contributed by atoms with van der Waals surface area (Å²) in [5.74, 6) is 0.162. The minimum absolute atomic E-state index is 0.162. The number of hydrogen-bond donors (Lipinski definition) is 0. The van der Waals surface area contributed by atoms with Gasteiger partial charge in [0.05, 0.1) is 0 Å². The van der Waals surface area contributed by atoms with Crippen LogP contribution in [0.5, 0.6) is 0 Å². The molecule has 1 aromatic carbocycles. The molecule has 1 amide bonds. The van der Waals surface area contributed by atoms with Crippen LogP contribution in [0, 0.1) is 6.92 Å². The van der Waals surface area contributed by atoms with Crippen LogP contribution in [0.2, 0.25) is 5.02 Å². The van der Waals surface area contributed by atoms with E-state index in [9.17, 15) is 4.79 Å². The SMILES string of the molecule is Cc1ccc(Cl)cc1N1CCN(C(=O)[C@@H]2CCCO2)CC1. The topological polar surface area (TPSA) is 32.8 Å². The minimum Gasteiger partial charge on any atom is -0.368 e. The number of aryl methyl sites for hydroxylation is 1. The predicted octanol–water partition coefficient (Wildman–Crippen LogP) is 2.48. The highest BCUT2D eigenvalue weighted by Gasteiger charge is 2.30. The number of piperazine rings is 1. The summed E-state index contributed by atoms with van der Waals surface area (Å²) in [6.45, 7) is 6.02. The molecule has 0 saturated carbocycles. The summed E-state index contributed by atoms with van der Waals surface area (Å²) < 4.78 is 5.49. The molecule has 0 N–H and O–H groups in total. The zero-order valence-corrected chi connectivity index (χ0v) is 13.1. The standard InChI is InChI=1S/C16H21ClN2O2/c1-12-4-5-13(17)11-14(12)18-6-8-19(9-7-18)16(20)15-3-2-10-21-15/h4-5,11,15H,2-3,6-10H2,1H3/t15-/m0/s1. The van der Waals surface area contributed by atoms with Crippen LogP contribution < -0.4 is 4.90 Å². The zero-order chi connectivity index (χ0) is 14.8. The second-order valence-corrected chi connectivity index (χ2v) is 6.18. The lowest BCUT2D eigenvalue weighted by Crippen LogP contribution is -2.51. The monoisotopic (exact) mass is 308 g/mol. The van der Waals surface area contributed by atoms with Gasteiger partial charge in [-0.05, 0) is 37.5 Å². The number of hydrogen-bond acceptors (Lipinski definition) is 3. The van der Waals surface area contributed by atoms with Gasteiger partial charge in [-0.2, -0.15) is 0 Å². The van der Waals surface area contributed by atoms with Crippen LogP contribution in [0.1, 0.15) is 18.4 Å². The maximum Gasteiger partial charge on any atom is 0.251 e. The number of rotatable bonds is 2. The number of anilines is 1. The summed E-state index contributed by atoms with van der Waals surface area (Å²) >= 11 is 6.09. The molecule has 4 nitrogen and oxygen atoms in total. The lowest BCUT2D eigenvalue weighted by molar-refractivity contribution is -0.141. The van der Waals surface area contributed by atoms with Crippen LogP contribution in [0.3, 0.4) is 0 Å². The van der Waals surface area contributed by atoms with Crippen molar-refractivity contribution in [3.63, 3.8) is 0 Å². The van der Waals surface area contributed by atoms with Gasteiger partial charge in [0.25, 0.3) is 5.91 Å². The van der Waals surface area contributed by atoms with Crippen LogP contribution >= 0.6 is 11.6 Å². The van der Waals surface area contributed by atoms with Gasteiger partial charge >= 0.3 is 0 Å². The first-order valence-corrected chi connectivity index (χ1v) is 7.94. The second-order valence-electron chi connectivity index (χ2n) is 5.74. The summed E-state index contributed by atoms with van der Waals surface area (Å²) in [5.41, 5.74) is 2.39. The number of carbonyl (C=O) groups is 1. The molecule has 0 aliphatic carbocycles. The lowest BCUT2D eigenvalue weighted by atomic mass is 10.1. The normalized spacial score (nSPS) is 22.7. The summed E-state index contributed by atoms with van der Waals surface area (Å²) in [6.07, 6.45) is 1.66. The van der Waals surface area contributed by atoms with Crippen LogP contribution in [-0.4, -0.2) is 49.7 Å². The van der Waals surface area contributed by atoms with Gasteiger partial charge < -0.3 is 14.5 Å². The van der Waals surface area contributed by atoms with Gasteiger partial charge in [0.15, 0.2) is 0 Å². The van der Waals surface area contributed by atoms with Crippen LogP contribution in [0.25, 0.3) is 0 Å². The third-order valence-corrected chi connectivity index (χ3v) is 4.54. The first-order valence-electron chi connectivity index (χ1n) is 7.56. The van der Waals surface area contributed by atoms with Crippen LogP contribution in [-0.2, 0) is 9.53 Å². The minimum atomic E-state index is -0.204. The van der Waals surface area contributed by atoms with Crippen molar-refractivity contribution in [2.45, 2.75) is 25.9 Å². The molecule has 114 valence electrons. The first kappa shape index (κ1) is 14.7. The maximum atomic E-state index is 12.3. The second kappa shape index (κ2) is 6.24. The summed E-state index contributed by atoms with van der Waals surface area (Å²) in [7, 11) is 0. The van der Waals surface area contributed by atoms with E-state index in [-0.39, 0.29) is 12.0 Å². The fourth-order valence-electron chi connectivity index (χ4n) is 3.07. The van der Waals surface area contributed by atoms with Crippen molar-refractivity contribution in [3.05, 3.63) is 28.8 Å². The van der Waals surface area contributed by atoms with Gasteiger partial charge in [0.1, 0.15) is 6.10 Å². The van der Waals surface area contributed by atoms with Crippen molar-refractivity contribution in [2.75, 3.05) is 37.7 Å². The molecule has 1 atom stereocenters. The molecular weight excluding hydrogens is 288 g/mol. The van der Waals surface area contributed by atoms with E-state index < -0.39 is 0 Å². The average molecular weight is 309 g/mol. The molecule has 5 heteroatoms. The first-order chi connectivity index (χ1) is 10.1. The quantitative estimate of drug-likeness (QED) is 0.841. The van der Waals surface area contributed by atoms with Crippen LogP contribution in [0.15, 0.2) is 18.2 Å². The van der Waals surface area contributed by atoms with E-state index in [2.05, 4.69) is 11.8 Å². The molecule has 3 rings (SSSR count). The van der Waals surface area contributed by atoms with Crippen molar-refractivity contribution in [2.24, 2.45) is 0 Å². The Balaban J connectivity index is 1.62. The molecule has 0 bridgehead atoms. The molecule has 0 radical (unpaired) electrons. The molecule has 2 saturated heterocycles. The van der Waals surface area contributed by atoms with Crippen molar-refractivity contribution in [1.82, 2.24) is 4.90 Å². The summed E-state index contributed by atoms with van der Waals surface area (Å²) in [6, 6.07) is 5.97. The Bertz CT molecular complexity index is 521. The number of carbonyl (C=O) groups excluding carboxylic acids is 1. The van der Waals surface area contributed by atoms with Crippen molar-refractivity contribution in [1.29, 1.82) is 0 Å². The van der Waals surface area contributed by atoms with E-state index in [1.54, 1.807) is 0 Å². The Morgan fingerprint density at radius 1 is 1.29 bits per heavy atom. The number of amides is 1. The Morgan fingerprint density at radius 2 is 2.05 bits per heavy atom. The van der Waals surface area contributed by atoms with E-state index in [1.807, 2.05) is 23.1 Å². The fraction of sp³-hybridized carbons (Fsp3) is 0.562. The van der Waals surface area contributed by atoms with Crippen molar-refractivity contribution >= 4 is 23.2 Å². The molecular formula is C16H21ClN2O2. The Labute approximate surface area is 130 Å². The molecule has 2 heterocycles. The molecule has 0 spiro atoms. The van der Waals surface area contributed by atoms with Gasteiger partial charge in [-0.15, -0.1) is 0 Å². The predicted molar refractivity (Wildman–Crippen MR) is 84.0 cm³/mol. The Morgan fingerprint density at radius 3 is 2.71 bits per heavy atom. The number of halogens is 1. The molecule has 0 aromatic heterocycles. The molecule has 1 aromatic rings. The Hall–Kier alpha value is -1.26. The largest absolute Gasteiger partial charge is 0.368 e. The third-order valence-electron chi connectivity index (χ3n) is 4.31. The average Bonchev–Trinajstić information content (AvgIpc) is 3.03. The lowest BCUT2D eigenvalue weighted by Gasteiger charge is -2.37. The van der Waals surface area contributed by atoms with E-state index in [0.29, 0.717) is 0 Å². The number of nitrogens with zero attached hydrogens (tertiary/aromatic N) is 2. The van der Waals surface area contributed by atoms with Gasteiger partial charge in [-0.1, -0.05) is 17.7 Å². The molecule has 21 heavy (non-hydrogen) atoms. The highest BCUT2D eigenvalue weighted by atomic mass is 35.5. The van der Waals surface area contributed by atoms with Crippen LogP contribution in [0.4, 0.5) is 5.69 Å². The molecule has 2 aliphatic rings. The highest BCUT2D eigenvalue weighted by Crippen LogP contribution is 2.25. The van der Waals surface area contributed by atoms with E-state index in [0.717, 1.165) is 50.7 Å². The van der Waals surface area contributed by atoms with Gasteiger partial charge in [-0.25, -0.2) is 0 Å². The summed E-state index contributed by atoms with van der Waals surface area (Å²) in [5, 5.41) is 0.758. The van der Waals surface area contributed by atoms with Gasteiger partial charge in [0, 0.05) is 43.5 Å². The maximum absolute atomic E-state index is 12.3. The smallest absolute Gasteiger partial charge is 0.251 e. The van der Waals surface area contributed by atoms with Gasteiger partial charge in [-0.3, -0.25) is 4.79 Å². The highest BCUT2D eigenvalue weighted by molar-refractivity contribution is 6.30. The number of benzene rings is 1.